The van der Waals surface area contributed by atoms with Crippen LogP contribution in [0.15, 0.2) is 24.3 Å². The molecular formula is C19H24N2O5. The minimum absolute atomic E-state index is 0.209. The van der Waals surface area contributed by atoms with E-state index in [1.807, 2.05) is 12.1 Å². The Balaban J connectivity index is 2.04. The van der Waals surface area contributed by atoms with Gasteiger partial charge in [0.25, 0.3) is 0 Å². The lowest BCUT2D eigenvalue weighted by Gasteiger charge is -2.28. The van der Waals surface area contributed by atoms with Gasteiger partial charge in [0.05, 0.1) is 25.6 Å². The van der Waals surface area contributed by atoms with Crippen LogP contribution in [0.4, 0.5) is 0 Å². The molecule has 0 bridgehead atoms. The molecule has 26 heavy (non-hydrogen) atoms. The van der Waals surface area contributed by atoms with Crippen molar-refractivity contribution in [1.82, 2.24) is 10.2 Å². The topological polar surface area (TPSA) is 84.9 Å². The van der Waals surface area contributed by atoms with Gasteiger partial charge >= 0.3 is 5.97 Å². The summed E-state index contributed by atoms with van der Waals surface area (Å²) in [5, 5.41) is 3.23. The summed E-state index contributed by atoms with van der Waals surface area (Å²) in [6, 6.07) is 6.83. The lowest BCUT2D eigenvalue weighted by Crippen LogP contribution is -2.54. The van der Waals surface area contributed by atoms with Crippen molar-refractivity contribution in [1.29, 1.82) is 0 Å². The minimum Gasteiger partial charge on any atom is -0.497 e. The molecule has 3 rings (SSSR count). The number of methoxy groups -OCH3 is 1. The van der Waals surface area contributed by atoms with E-state index in [0.29, 0.717) is 12.3 Å². The fourth-order valence-corrected chi connectivity index (χ4v) is 4.08. The summed E-state index contributed by atoms with van der Waals surface area (Å²) in [7, 11) is 1.58. The van der Waals surface area contributed by atoms with E-state index in [0.717, 1.165) is 5.56 Å². The number of carbonyl (C=O) groups excluding carboxylic acids is 3. The lowest BCUT2D eigenvalue weighted by atomic mass is 9.80. The molecule has 4 atom stereocenters. The maximum absolute atomic E-state index is 12.9. The number of ether oxygens (including phenoxy) is 2. The van der Waals surface area contributed by atoms with E-state index in [4.69, 9.17) is 9.47 Å². The Kier molecular flexibility index (Phi) is 4.75. The molecule has 2 aliphatic heterocycles. The second kappa shape index (κ2) is 6.72. The minimum atomic E-state index is -1.25. The zero-order valence-corrected chi connectivity index (χ0v) is 15.4. The third kappa shape index (κ3) is 2.58. The molecule has 1 aromatic carbocycles. The third-order valence-corrected chi connectivity index (χ3v) is 5.37. The number of hydrogen-bond donors (Lipinski definition) is 1. The van der Waals surface area contributed by atoms with Crippen molar-refractivity contribution in [3.05, 3.63) is 29.8 Å². The van der Waals surface area contributed by atoms with Gasteiger partial charge in [-0.2, -0.15) is 0 Å². The highest BCUT2D eigenvalue weighted by molar-refractivity contribution is 6.09. The first-order chi connectivity index (χ1) is 12.4. The normalized spacial score (nSPS) is 30.5. The van der Waals surface area contributed by atoms with Gasteiger partial charge < -0.3 is 9.47 Å². The molecule has 7 heteroatoms. The molecule has 2 amide bonds. The van der Waals surface area contributed by atoms with Crippen LogP contribution in [-0.2, 0) is 19.1 Å². The van der Waals surface area contributed by atoms with Crippen molar-refractivity contribution in [2.24, 2.45) is 11.8 Å². The van der Waals surface area contributed by atoms with Crippen LogP contribution >= 0.6 is 0 Å². The number of nitrogens with one attached hydrogen (secondary N) is 1. The first-order valence-electron chi connectivity index (χ1n) is 8.83. The van der Waals surface area contributed by atoms with E-state index in [9.17, 15) is 14.4 Å². The fraction of sp³-hybridized carbons (Fsp3) is 0.526. The van der Waals surface area contributed by atoms with E-state index in [2.05, 4.69) is 5.32 Å². The van der Waals surface area contributed by atoms with Gasteiger partial charge in [0.1, 0.15) is 11.3 Å². The zero-order chi connectivity index (χ0) is 19.1. The summed E-state index contributed by atoms with van der Waals surface area (Å²) < 4.78 is 10.4. The molecule has 1 N–H and O–H groups in total. The number of imide groups is 1. The lowest BCUT2D eigenvalue weighted by molar-refractivity contribution is -0.155. The van der Waals surface area contributed by atoms with Gasteiger partial charge in [-0.25, -0.2) is 0 Å². The molecule has 0 unspecified atom stereocenters. The number of fused-ring (bicyclic) bond motifs is 1. The number of likely N-dealkylation sites (tertiary alicyclic amines) is 1. The van der Waals surface area contributed by atoms with Crippen LogP contribution in [0.3, 0.4) is 0 Å². The molecule has 2 aliphatic rings. The average molecular weight is 360 g/mol. The molecule has 7 nitrogen and oxygen atoms in total. The highest BCUT2D eigenvalue weighted by Crippen LogP contribution is 2.49. The largest absolute Gasteiger partial charge is 0.497 e. The molecule has 0 radical (unpaired) electrons. The Morgan fingerprint density at radius 3 is 2.38 bits per heavy atom. The van der Waals surface area contributed by atoms with E-state index < -0.39 is 29.4 Å². The van der Waals surface area contributed by atoms with Crippen molar-refractivity contribution in [2.75, 3.05) is 20.3 Å². The molecule has 0 saturated carbocycles. The molecule has 0 spiro atoms. The van der Waals surface area contributed by atoms with Crippen LogP contribution in [0.2, 0.25) is 0 Å². The quantitative estimate of drug-likeness (QED) is 0.629. The van der Waals surface area contributed by atoms with E-state index in [1.165, 1.54) is 4.90 Å². The Labute approximate surface area is 152 Å². The number of rotatable bonds is 5. The molecule has 2 fully saturated rings. The van der Waals surface area contributed by atoms with Gasteiger partial charge in [-0.15, -0.1) is 0 Å². The van der Waals surface area contributed by atoms with Crippen LogP contribution in [-0.4, -0.2) is 48.5 Å². The van der Waals surface area contributed by atoms with E-state index in [1.54, 1.807) is 40.0 Å². The van der Waals surface area contributed by atoms with Crippen molar-refractivity contribution < 1.29 is 23.9 Å². The fourth-order valence-electron chi connectivity index (χ4n) is 4.08. The van der Waals surface area contributed by atoms with E-state index >= 15 is 0 Å². The van der Waals surface area contributed by atoms with Gasteiger partial charge in [0.2, 0.25) is 11.8 Å². The standard InChI is InChI=1S/C19H24N2O5/c1-5-21-16(22)13-14(17(21)23)19(3,18(24)26-6-2)20-15(13)11-7-9-12(25-4)10-8-11/h7-10,13-15,20H,5-6H2,1-4H3/t13-,14+,15+,19-/m1/s1. The van der Waals surface area contributed by atoms with Gasteiger partial charge in [-0.05, 0) is 38.5 Å². The Morgan fingerprint density at radius 1 is 1.19 bits per heavy atom. The summed E-state index contributed by atoms with van der Waals surface area (Å²) >= 11 is 0. The van der Waals surface area contributed by atoms with Crippen LogP contribution in [0.1, 0.15) is 32.4 Å². The summed E-state index contributed by atoms with van der Waals surface area (Å²) in [5.74, 6) is -1.79. The number of benzene rings is 1. The summed E-state index contributed by atoms with van der Waals surface area (Å²) in [4.78, 5) is 39.6. The first kappa shape index (κ1) is 18.4. The van der Waals surface area contributed by atoms with Gasteiger partial charge in [-0.3, -0.25) is 24.6 Å². The molecule has 2 saturated heterocycles. The molecule has 0 aromatic heterocycles. The van der Waals surface area contributed by atoms with Crippen molar-refractivity contribution >= 4 is 17.8 Å². The van der Waals surface area contributed by atoms with Crippen LogP contribution < -0.4 is 10.1 Å². The van der Waals surface area contributed by atoms with Crippen molar-refractivity contribution in [2.45, 2.75) is 32.4 Å². The van der Waals surface area contributed by atoms with Gasteiger partial charge in [-0.1, -0.05) is 12.1 Å². The van der Waals surface area contributed by atoms with Crippen LogP contribution in [0.5, 0.6) is 5.75 Å². The SMILES string of the molecule is CCOC(=O)[C@]1(C)N[C@@H](c2ccc(OC)cc2)[C@@H]2C(=O)N(CC)C(=O)[C@H]21. The maximum Gasteiger partial charge on any atom is 0.326 e. The van der Waals surface area contributed by atoms with Crippen LogP contribution in [0, 0.1) is 11.8 Å². The number of hydrogen-bond acceptors (Lipinski definition) is 6. The predicted molar refractivity (Wildman–Crippen MR) is 93.3 cm³/mol. The highest BCUT2D eigenvalue weighted by Gasteiger charge is 2.66. The Bertz CT molecular complexity index is 732. The molecule has 140 valence electrons. The first-order valence-corrected chi connectivity index (χ1v) is 8.83. The average Bonchev–Trinajstić information content (AvgIpc) is 3.09. The van der Waals surface area contributed by atoms with E-state index in [-0.39, 0.29) is 18.4 Å². The Hall–Kier alpha value is -2.41. The monoisotopic (exact) mass is 360 g/mol. The van der Waals surface area contributed by atoms with Crippen molar-refractivity contribution in [3.8, 4) is 5.75 Å². The number of nitrogens with zero attached hydrogens (tertiary/aromatic N) is 1. The molecular weight excluding hydrogens is 336 g/mol. The number of esters is 1. The summed E-state index contributed by atoms with van der Waals surface area (Å²) in [6.45, 7) is 5.62. The molecule has 0 aliphatic carbocycles. The molecule has 2 heterocycles. The second-order valence-electron chi connectivity index (χ2n) is 6.74. The number of carbonyl (C=O) groups is 3. The van der Waals surface area contributed by atoms with Gasteiger partial charge in [0.15, 0.2) is 0 Å². The summed E-state index contributed by atoms with van der Waals surface area (Å²) in [6.07, 6.45) is 0. The maximum atomic E-state index is 12.9. The second-order valence-corrected chi connectivity index (χ2v) is 6.74. The van der Waals surface area contributed by atoms with Gasteiger partial charge in [0, 0.05) is 12.6 Å². The smallest absolute Gasteiger partial charge is 0.326 e. The highest BCUT2D eigenvalue weighted by atomic mass is 16.5. The van der Waals surface area contributed by atoms with Crippen molar-refractivity contribution in [3.63, 3.8) is 0 Å². The summed E-state index contributed by atoms with van der Waals surface area (Å²) in [5.41, 5.74) is -0.421. The third-order valence-electron chi connectivity index (χ3n) is 5.37. The molecule has 1 aromatic rings. The zero-order valence-electron chi connectivity index (χ0n) is 15.4. The van der Waals surface area contributed by atoms with Crippen LogP contribution in [0.25, 0.3) is 0 Å². The number of amides is 2. The predicted octanol–water partition coefficient (Wildman–Crippen LogP) is 1.28. The Morgan fingerprint density at radius 2 is 1.85 bits per heavy atom.